The van der Waals surface area contributed by atoms with Crippen LogP contribution in [0.5, 0.6) is 0 Å². The average molecular weight is 300 g/mol. The van der Waals surface area contributed by atoms with Crippen molar-refractivity contribution in [2.45, 2.75) is 32.7 Å². The summed E-state index contributed by atoms with van der Waals surface area (Å²) in [5, 5.41) is 5.51. The predicted molar refractivity (Wildman–Crippen MR) is 82.9 cm³/mol. The van der Waals surface area contributed by atoms with Gasteiger partial charge in [0.2, 0.25) is 5.91 Å². The number of halogens is 1. The van der Waals surface area contributed by atoms with Crippen molar-refractivity contribution in [3.8, 4) is 0 Å². The Morgan fingerprint density at radius 3 is 2.35 bits per heavy atom. The number of para-hydroxylation sites is 1. The number of nitrogens with one attached hydrogen (secondary N) is 2. The second-order valence-electron chi connectivity index (χ2n) is 5.39. The highest BCUT2D eigenvalue weighted by atomic mass is 35.5. The van der Waals surface area contributed by atoms with Crippen LogP contribution in [0.1, 0.15) is 37.6 Å². The average Bonchev–Trinajstić information content (AvgIpc) is 2.26. The van der Waals surface area contributed by atoms with Crippen LogP contribution in [0.25, 0.3) is 0 Å². The predicted octanol–water partition coefficient (Wildman–Crippen LogP) is 1.73. The van der Waals surface area contributed by atoms with Crippen molar-refractivity contribution in [3.63, 3.8) is 0 Å². The maximum Gasteiger partial charge on any atom is 0.253 e. The van der Waals surface area contributed by atoms with Gasteiger partial charge in [-0.05, 0) is 32.9 Å². The lowest BCUT2D eigenvalue weighted by atomic mass is 10.1. The number of nitrogen functional groups attached to an aromatic ring is 1. The molecule has 0 saturated heterocycles. The number of anilines is 1. The van der Waals surface area contributed by atoms with E-state index in [0.717, 1.165) is 0 Å². The molecule has 20 heavy (non-hydrogen) atoms. The molecule has 0 spiro atoms. The Labute approximate surface area is 125 Å². The third-order valence-corrected chi connectivity index (χ3v) is 2.36. The van der Waals surface area contributed by atoms with Crippen molar-refractivity contribution < 1.29 is 9.59 Å². The molecule has 112 valence electrons. The molecule has 0 bridgehead atoms. The summed E-state index contributed by atoms with van der Waals surface area (Å²) in [5.41, 5.74) is 6.30. The van der Waals surface area contributed by atoms with Crippen LogP contribution in [0.3, 0.4) is 0 Å². The molecule has 4 N–H and O–H groups in total. The Balaban J connectivity index is 0.00000361. The monoisotopic (exact) mass is 299 g/mol. The molecule has 0 atom stereocenters. The summed E-state index contributed by atoms with van der Waals surface area (Å²) in [7, 11) is 0. The quantitative estimate of drug-likeness (QED) is 0.740. The van der Waals surface area contributed by atoms with Gasteiger partial charge in [0.1, 0.15) is 0 Å². The standard InChI is InChI=1S/C14H21N3O2.ClH/c1-14(2,3)17-12(18)8-9-16-13(19)10-6-4-5-7-11(10)15;/h4-7H,8-9,15H2,1-3H3,(H,16,19)(H,17,18);1H. The summed E-state index contributed by atoms with van der Waals surface area (Å²) < 4.78 is 0. The molecule has 2 amide bonds. The molecule has 0 aromatic heterocycles. The van der Waals surface area contributed by atoms with Crippen molar-refractivity contribution in [2.75, 3.05) is 12.3 Å². The number of carbonyl (C=O) groups excluding carboxylic acids is 2. The third-order valence-electron chi connectivity index (χ3n) is 2.36. The molecule has 0 heterocycles. The van der Waals surface area contributed by atoms with E-state index in [1.807, 2.05) is 20.8 Å². The Kier molecular flexibility index (Phi) is 7.07. The van der Waals surface area contributed by atoms with Gasteiger partial charge >= 0.3 is 0 Å². The van der Waals surface area contributed by atoms with Gasteiger partial charge in [-0.25, -0.2) is 0 Å². The fraction of sp³-hybridized carbons (Fsp3) is 0.429. The zero-order chi connectivity index (χ0) is 14.5. The van der Waals surface area contributed by atoms with Crippen molar-refractivity contribution in [1.29, 1.82) is 0 Å². The number of benzene rings is 1. The zero-order valence-electron chi connectivity index (χ0n) is 12.0. The van der Waals surface area contributed by atoms with E-state index in [2.05, 4.69) is 10.6 Å². The van der Waals surface area contributed by atoms with Crippen molar-refractivity contribution >= 4 is 29.9 Å². The molecule has 1 aromatic rings. The summed E-state index contributed by atoms with van der Waals surface area (Å²) in [6.45, 7) is 6.02. The summed E-state index contributed by atoms with van der Waals surface area (Å²) in [6.07, 6.45) is 0.246. The molecule has 6 heteroatoms. The molecule has 0 fully saturated rings. The highest BCUT2D eigenvalue weighted by Gasteiger charge is 2.14. The molecule has 0 unspecified atom stereocenters. The number of hydrogen-bond donors (Lipinski definition) is 3. The molecular formula is C14H22ClN3O2. The van der Waals surface area contributed by atoms with Crippen LogP contribution in [0.15, 0.2) is 24.3 Å². The van der Waals surface area contributed by atoms with Crippen LogP contribution in [0.4, 0.5) is 5.69 Å². The molecular weight excluding hydrogens is 278 g/mol. The first kappa shape index (κ1) is 18.2. The first-order chi connectivity index (χ1) is 8.79. The normalized spacial score (nSPS) is 10.3. The van der Waals surface area contributed by atoms with Crippen LogP contribution in [0, 0.1) is 0 Å². The molecule has 0 saturated carbocycles. The fourth-order valence-electron chi connectivity index (χ4n) is 1.57. The van der Waals surface area contributed by atoms with E-state index >= 15 is 0 Å². The third kappa shape index (κ3) is 6.43. The van der Waals surface area contributed by atoms with E-state index in [0.29, 0.717) is 11.3 Å². The first-order valence-corrected chi connectivity index (χ1v) is 6.23. The minimum atomic E-state index is -0.262. The van der Waals surface area contributed by atoms with Gasteiger partial charge in [0.15, 0.2) is 0 Å². The van der Waals surface area contributed by atoms with Gasteiger partial charge in [-0.15, -0.1) is 12.4 Å². The van der Waals surface area contributed by atoms with E-state index < -0.39 is 0 Å². The van der Waals surface area contributed by atoms with Crippen LogP contribution >= 0.6 is 12.4 Å². The Hall–Kier alpha value is -1.75. The van der Waals surface area contributed by atoms with E-state index in [1.54, 1.807) is 24.3 Å². The topological polar surface area (TPSA) is 84.2 Å². The maximum absolute atomic E-state index is 11.8. The number of rotatable bonds is 4. The summed E-state index contributed by atoms with van der Waals surface area (Å²) in [5.74, 6) is -0.351. The van der Waals surface area contributed by atoms with Crippen molar-refractivity contribution in [3.05, 3.63) is 29.8 Å². The first-order valence-electron chi connectivity index (χ1n) is 6.23. The lowest BCUT2D eigenvalue weighted by Gasteiger charge is -2.20. The Morgan fingerprint density at radius 2 is 1.80 bits per heavy atom. The summed E-state index contributed by atoms with van der Waals surface area (Å²) >= 11 is 0. The van der Waals surface area contributed by atoms with Crippen LogP contribution < -0.4 is 16.4 Å². The molecule has 1 aromatic carbocycles. The second kappa shape index (κ2) is 7.75. The number of amides is 2. The minimum absolute atomic E-state index is 0. The van der Waals surface area contributed by atoms with Crippen LogP contribution in [-0.4, -0.2) is 23.9 Å². The van der Waals surface area contributed by atoms with Crippen LogP contribution in [-0.2, 0) is 4.79 Å². The lowest BCUT2D eigenvalue weighted by Crippen LogP contribution is -2.42. The highest BCUT2D eigenvalue weighted by molar-refractivity contribution is 5.99. The van der Waals surface area contributed by atoms with Gasteiger partial charge in [0.25, 0.3) is 5.91 Å². The molecule has 0 aliphatic carbocycles. The Morgan fingerprint density at radius 1 is 1.20 bits per heavy atom. The second-order valence-corrected chi connectivity index (χ2v) is 5.39. The number of carbonyl (C=O) groups is 2. The summed E-state index contributed by atoms with van der Waals surface area (Å²) in [4.78, 5) is 23.4. The molecule has 0 aliphatic heterocycles. The number of hydrogen-bond acceptors (Lipinski definition) is 3. The van der Waals surface area contributed by atoms with E-state index in [-0.39, 0.29) is 42.7 Å². The lowest BCUT2D eigenvalue weighted by molar-refractivity contribution is -0.122. The molecule has 1 rings (SSSR count). The van der Waals surface area contributed by atoms with E-state index in [1.165, 1.54) is 0 Å². The molecule has 5 nitrogen and oxygen atoms in total. The van der Waals surface area contributed by atoms with Crippen molar-refractivity contribution in [1.82, 2.24) is 10.6 Å². The molecule has 0 radical (unpaired) electrons. The van der Waals surface area contributed by atoms with Gasteiger partial charge in [-0.2, -0.15) is 0 Å². The van der Waals surface area contributed by atoms with Crippen LogP contribution in [0.2, 0.25) is 0 Å². The van der Waals surface area contributed by atoms with E-state index in [4.69, 9.17) is 5.73 Å². The van der Waals surface area contributed by atoms with Gasteiger partial charge in [-0.1, -0.05) is 12.1 Å². The maximum atomic E-state index is 11.8. The van der Waals surface area contributed by atoms with Crippen molar-refractivity contribution in [2.24, 2.45) is 0 Å². The SMILES string of the molecule is CC(C)(C)NC(=O)CCNC(=O)c1ccccc1N.Cl. The van der Waals surface area contributed by atoms with Gasteiger partial charge < -0.3 is 16.4 Å². The Bertz CT molecular complexity index is 470. The fourth-order valence-corrected chi connectivity index (χ4v) is 1.57. The van der Waals surface area contributed by atoms with Gasteiger partial charge in [0.05, 0.1) is 5.56 Å². The van der Waals surface area contributed by atoms with Gasteiger partial charge in [0, 0.05) is 24.2 Å². The summed E-state index contributed by atoms with van der Waals surface area (Å²) in [6, 6.07) is 6.83. The zero-order valence-corrected chi connectivity index (χ0v) is 12.8. The highest BCUT2D eigenvalue weighted by Crippen LogP contribution is 2.09. The minimum Gasteiger partial charge on any atom is -0.398 e. The largest absolute Gasteiger partial charge is 0.398 e. The smallest absolute Gasteiger partial charge is 0.253 e. The number of nitrogens with two attached hydrogens (primary N) is 1. The van der Waals surface area contributed by atoms with Gasteiger partial charge in [-0.3, -0.25) is 9.59 Å². The molecule has 0 aliphatic rings. The van der Waals surface area contributed by atoms with E-state index in [9.17, 15) is 9.59 Å².